The maximum Gasteiger partial charge on any atom is 0.417 e. The Labute approximate surface area is 192 Å². The van der Waals surface area contributed by atoms with E-state index in [4.69, 9.17) is 0 Å². The smallest absolute Gasteiger partial charge is 0.372 e. The molecular formula is C25H20F5N3O. The minimum atomic E-state index is -4.94. The first-order chi connectivity index (χ1) is 16.2. The Morgan fingerprint density at radius 3 is 2.35 bits per heavy atom. The van der Waals surface area contributed by atoms with Crippen molar-refractivity contribution in [2.45, 2.75) is 32.0 Å². The van der Waals surface area contributed by atoms with Gasteiger partial charge in [-0.1, -0.05) is 18.2 Å². The number of nitrogens with zero attached hydrogens (tertiary/aromatic N) is 3. The van der Waals surface area contributed by atoms with Crippen LogP contribution in [0.5, 0.6) is 0 Å². The summed E-state index contributed by atoms with van der Waals surface area (Å²) in [5.41, 5.74) is -2.72. The van der Waals surface area contributed by atoms with Crippen LogP contribution in [-0.2, 0) is 12.7 Å². The maximum atomic E-state index is 14.4. The molecule has 4 rings (SSSR count). The van der Waals surface area contributed by atoms with Gasteiger partial charge in [-0.05, 0) is 43.5 Å². The maximum absolute atomic E-state index is 14.4. The van der Waals surface area contributed by atoms with Gasteiger partial charge in [0, 0.05) is 36.0 Å². The zero-order valence-electron chi connectivity index (χ0n) is 18.0. The van der Waals surface area contributed by atoms with Gasteiger partial charge in [-0.25, -0.2) is 8.78 Å². The highest BCUT2D eigenvalue weighted by Gasteiger charge is 2.36. The Morgan fingerprint density at radius 1 is 0.971 bits per heavy atom. The number of piperidine rings is 1. The predicted molar refractivity (Wildman–Crippen MR) is 117 cm³/mol. The standard InChI is InChI=1S/C25H20F5N3O/c26-18-8-7-17(22(27)12-18)15-33-23(13-21(25(28,29)30)20(14-31)24(33)34)16-5-4-6-19(11-16)32-9-2-1-3-10-32/h4-8,11-13H,1-3,9-10,15H2. The summed E-state index contributed by atoms with van der Waals surface area (Å²) in [6, 6.07) is 11.6. The number of benzene rings is 2. The van der Waals surface area contributed by atoms with Crippen LogP contribution in [0.25, 0.3) is 11.3 Å². The van der Waals surface area contributed by atoms with Crippen LogP contribution in [-0.4, -0.2) is 17.7 Å². The van der Waals surface area contributed by atoms with E-state index in [0.29, 0.717) is 11.6 Å². The molecular weight excluding hydrogens is 453 g/mol. The Kier molecular flexibility index (Phi) is 6.42. The summed E-state index contributed by atoms with van der Waals surface area (Å²) in [4.78, 5) is 15.2. The molecule has 34 heavy (non-hydrogen) atoms. The molecule has 0 aliphatic carbocycles. The van der Waals surface area contributed by atoms with Gasteiger partial charge in [0.1, 0.15) is 23.3 Å². The number of halogens is 5. The number of hydrogen-bond donors (Lipinski definition) is 0. The number of pyridine rings is 1. The summed E-state index contributed by atoms with van der Waals surface area (Å²) in [5, 5.41) is 9.33. The average molecular weight is 473 g/mol. The molecule has 2 heterocycles. The van der Waals surface area contributed by atoms with Crippen LogP contribution >= 0.6 is 0 Å². The highest BCUT2D eigenvalue weighted by Crippen LogP contribution is 2.35. The average Bonchev–Trinajstić information content (AvgIpc) is 2.81. The lowest BCUT2D eigenvalue weighted by molar-refractivity contribution is -0.137. The SMILES string of the molecule is N#Cc1c(C(F)(F)F)cc(-c2cccc(N3CCCCC3)c2)n(Cc2ccc(F)cc2F)c1=O. The normalized spacial score (nSPS) is 14.2. The number of rotatable bonds is 4. The molecule has 1 fully saturated rings. The second kappa shape index (κ2) is 9.29. The molecule has 0 unspecified atom stereocenters. The fourth-order valence-electron chi connectivity index (χ4n) is 4.21. The third-order valence-corrected chi connectivity index (χ3v) is 5.92. The number of hydrogen-bond acceptors (Lipinski definition) is 3. The molecule has 0 amide bonds. The van der Waals surface area contributed by atoms with E-state index in [-0.39, 0.29) is 11.3 Å². The van der Waals surface area contributed by atoms with Gasteiger partial charge in [0.15, 0.2) is 0 Å². The van der Waals surface area contributed by atoms with Crippen molar-refractivity contribution in [3.63, 3.8) is 0 Å². The Bertz CT molecular complexity index is 1320. The van der Waals surface area contributed by atoms with E-state index < -0.39 is 41.0 Å². The molecule has 176 valence electrons. The van der Waals surface area contributed by atoms with E-state index in [2.05, 4.69) is 4.90 Å². The van der Waals surface area contributed by atoms with E-state index in [1.165, 1.54) is 6.07 Å². The van der Waals surface area contributed by atoms with Crippen molar-refractivity contribution in [1.29, 1.82) is 5.26 Å². The Balaban J connectivity index is 1.92. The molecule has 4 nitrogen and oxygen atoms in total. The summed E-state index contributed by atoms with van der Waals surface area (Å²) in [6.45, 7) is 1.14. The number of alkyl halides is 3. The lowest BCUT2D eigenvalue weighted by Gasteiger charge is -2.29. The summed E-state index contributed by atoms with van der Waals surface area (Å²) in [6.07, 6.45) is -1.85. The van der Waals surface area contributed by atoms with Crippen molar-refractivity contribution < 1.29 is 22.0 Å². The van der Waals surface area contributed by atoms with Crippen LogP contribution in [0.4, 0.5) is 27.6 Å². The summed E-state index contributed by atoms with van der Waals surface area (Å²) in [7, 11) is 0. The van der Waals surface area contributed by atoms with Crippen molar-refractivity contribution in [2.24, 2.45) is 0 Å². The van der Waals surface area contributed by atoms with Gasteiger partial charge < -0.3 is 9.47 Å². The van der Waals surface area contributed by atoms with Crippen LogP contribution in [0, 0.1) is 23.0 Å². The third kappa shape index (κ3) is 4.67. The molecule has 3 aromatic rings. The summed E-state index contributed by atoms with van der Waals surface area (Å²) >= 11 is 0. The largest absolute Gasteiger partial charge is 0.417 e. The molecule has 0 N–H and O–H groups in total. The minimum Gasteiger partial charge on any atom is -0.372 e. The quantitative estimate of drug-likeness (QED) is 0.456. The molecule has 1 saturated heterocycles. The lowest BCUT2D eigenvalue weighted by atomic mass is 10.0. The van der Waals surface area contributed by atoms with Crippen LogP contribution < -0.4 is 10.5 Å². The topological polar surface area (TPSA) is 49.0 Å². The van der Waals surface area contributed by atoms with Gasteiger partial charge in [-0.2, -0.15) is 18.4 Å². The van der Waals surface area contributed by atoms with Gasteiger partial charge in [0.05, 0.1) is 17.8 Å². The van der Waals surface area contributed by atoms with Gasteiger partial charge in [0.25, 0.3) is 5.56 Å². The van der Waals surface area contributed by atoms with Crippen LogP contribution in [0.3, 0.4) is 0 Å². The first kappa shape index (κ1) is 23.5. The second-order valence-electron chi connectivity index (χ2n) is 8.15. The highest BCUT2D eigenvalue weighted by atomic mass is 19.4. The number of anilines is 1. The Hall–Kier alpha value is -3.67. The van der Waals surface area contributed by atoms with Gasteiger partial charge >= 0.3 is 6.18 Å². The molecule has 9 heteroatoms. The van der Waals surface area contributed by atoms with Crippen LogP contribution in [0.2, 0.25) is 0 Å². The molecule has 0 saturated carbocycles. The van der Waals surface area contributed by atoms with Gasteiger partial charge in [0.2, 0.25) is 0 Å². The van der Waals surface area contributed by atoms with Gasteiger partial charge in [-0.3, -0.25) is 4.79 Å². The predicted octanol–water partition coefficient (Wildman–Crippen LogP) is 5.72. The van der Waals surface area contributed by atoms with Crippen molar-refractivity contribution in [3.05, 3.63) is 87.2 Å². The first-order valence-electron chi connectivity index (χ1n) is 10.7. The molecule has 1 aliphatic rings. The molecule has 0 spiro atoms. The van der Waals surface area contributed by atoms with Crippen molar-refractivity contribution in [2.75, 3.05) is 18.0 Å². The molecule has 2 aromatic carbocycles. The first-order valence-corrected chi connectivity index (χ1v) is 10.7. The summed E-state index contributed by atoms with van der Waals surface area (Å²) in [5.74, 6) is -1.77. The zero-order chi connectivity index (χ0) is 24.5. The van der Waals surface area contributed by atoms with E-state index in [1.54, 1.807) is 18.2 Å². The van der Waals surface area contributed by atoms with E-state index in [9.17, 15) is 32.0 Å². The van der Waals surface area contributed by atoms with Crippen molar-refractivity contribution in [3.8, 4) is 17.3 Å². The van der Waals surface area contributed by atoms with E-state index >= 15 is 0 Å². The van der Waals surface area contributed by atoms with E-state index in [0.717, 1.165) is 60.8 Å². The Morgan fingerprint density at radius 2 is 1.71 bits per heavy atom. The van der Waals surface area contributed by atoms with Crippen molar-refractivity contribution in [1.82, 2.24) is 4.57 Å². The minimum absolute atomic E-state index is 0.0967. The number of nitriles is 1. The fourth-order valence-corrected chi connectivity index (χ4v) is 4.21. The van der Waals surface area contributed by atoms with Crippen LogP contribution in [0.15, 0.2) is 53.3 Å². The molecule has 0 bridgehead atoms. The number of aromatic nitrogens is 1. The fraction of sp³-hybridized carbons (Fsp3) is 0.280. The lowest BCUT2D eigenvalue weighted by Crippen LogP contribution is -2.30. The second-order valence-corrected chi connectivity index (χ2v) is 8.15. The molecule has 1 aromatic heterocycles. The van der Waals surface area contributed by atoms with Crippen molar-refractivity contribution >= 4 is 5.69 Å². The van der Waals surface area contributed by atoms with Crippen LogP contribution in [0.1, 0.15) is 36.0 Å². The monoisotopic (exact) mass is 473 g/mol. The van der Waals surface area contributed by atoms with E-state index in [1.807, 2.05) is 6.07 Å². The van der Waals surface area contributed by atoms with Gasteiger partial charge in [-0.15, -0.1) is 0 Å². The molecule has 0 atom stereocenters. The summed E-state index contributed by atoms with van der Waals surface area (Å²) < 4.78 is 69.9. The molecule has 1 aliphatic heterocycles. The third-order valence-electron chi connectivity index (χ3n) is 5.92. The highest BCUT2D eigenvalue weighted by molar-refractivity contribution is 5.68. The zero-order valence-corrected chi connectivity index (χ0v) is 18.0. The molecule has 0 radical (unpaired) electrons.